The number of halogens is 3. The molecule has 0 heterocycles. The van der Waals surface area contributed by atoms with Crippen LogP contribution >= 0.6 is 0 Å². The fraction of sp³-hybridized carbons (Fsp3) is 0.571. The van der Waals surface area contributed by atoms with Crippen LogP contribution in [0.1, 0.15) is 31.2 Å². The molecule has 0 amide bonds. The van der Waals surface area contributed by atoms with E-state index in [1.807, 2.05) is 0 Å². The van der Waals surface area contributed by atoms with Crippen LogP contribution in [0.25, 0.3) is 0 Å². The zero-order chi connectivity index (χ0) is 15.5. The summed E-state index contributed by atoms with van der Waals surface area (Å²) in [6, 6.07) is 6.26. The van der Waals surface area contributed by atoms with Crippen LogP contribution in [-0.4, -0.2) is 17.1 Å². The molecule has 2 rings (SSSR count). The van der Waals surface area contributed by atoms with Gasteiger partial charge in [-0.1, -0.05) is 12.1 Å². The third-order valence-corrected chi connectivity index (χ3v) is 3.93. The number of nitro groups is 1. The Labute approximate surface area is 120 Å². The van der Waals surface area contributed by atoms with Crippen molar-refractivity contribution in [3.63, 3.8) is 0 Å². The number of nitrogens with zero attached hydrogens (tertiary/aromatic N) is 1. The lowest BCUT2D eigenvalue weighted by Crippen LogP contribution is -2.36. The molecule has 1 saturated carbocycles. The van der Waals surface area contributed by atoms with Gasteiger partial charge in [-0.25, -0.2) is 0 Å². The van der Waals surface area contributed by atoms with Crippen molar-refractivity contribution in [2.45, 2.75) is 44.4 Å². The highest BCUT2D eigenvalue weighted by Crippen LogP contribution is 2.37. The summed E-state index contributed by atoms with van der Waals surface area (Å²) < 4.78 is 37.6. The number of hydrogen-bond donors (Lipinski definition) is 1. The molecule has 0 saturated heterocycles. The van der Waals surface area contributed by atoms with Crippen LogP contribution in [-0.2, 0) is 6.54 Å². The average molecular weight is 302 g/mol. The molecule has 1 N–H and O–H groups in total. The van der Waals surface area contributed by atoms with E-state index in [1.54, 1.807) is 12.1 Å². The maximum Gasteiger partial charge on any atom is 0.391 e. The van der Waals surface area contributed by atoms with E-state index in [0.717, 1.165) is 5.56 Å². The third kappa shape index (κ3) is 4.42. The molecule has 0 aliphatic heterocycles. The molecule has 7 heteroatoms. The van der Waals surface area contributed by atoms with E-state index in [9.17, 15) is 23.3 Å². The highest BCUT2D eigenvalue weighted by Gasteiger charge is 2.41. The molecule has 21 heavy (non-hydrogen) atoms. The van der Waals surface area contributed by atoms with Gasteiger partial charge in [0.2, 0.25) is 0 Å². The molecule has 0 radical (unpaired) electrons. The van der Waals surface area contributed by atoms with Crippen LogP contribution in [0.4, 0.5) is 18.9 Å². The van der Waals surface area contributed by atoms with E-state index >= 15 is 0 Å². The number of hydrogen-bond acceptors (Lipinski definition) is 3. The topological polar surface area (TPSA) is 55.2 Å². The first kappa shape index (κ1) is 15.8. The van der Waals surface area contributed by atoms with Gasteiger partial charge in [0.15, 0.2) is 0 Å². The molecular weight excluding hydrogens is 285 g/mol. The highest BCUT2D eigenvalue weighted by atomic mass is 19.4. The van der Waals surface area contributed by atoms with E-state index in [-0.39, 0.29) is 24.6 Å². The summed E-state index contributed by atoms with van der Waals surface area (Å²) >= 11 is 0. The Hall–Kier alpha value is -1.63. The molecule has 0 aromatic heterocycles. The minimum atomic E-state index is -4.08. The first-order valence-corrected chi connectivity index (χ1v) is 6.89. The molecule has 0 unspecified atom stereocenters. The van der Waals surface area contributed by atoms with Gasteiger partial charge in [0.25, 0.3) is 5.69 Å². The smallest absolute Gasteiger partial charge is 0.310 e. The van der Waals surface area contributed by atoms with E-state index in [2.05, 4.69) is 5.32 Å². The number of benzene rings is 1. The van der Waals surface area contributed by atoms with E-state index in [1.165, 1.54) is 12.1 Å². The second-order valence-electron chi connectivity index (χ2n) is 5.39. The Morgan fingerprint density at radius 3 is 2.19 bits per heavy atom. The largest absolute Gasteiger partial charge is 0.391 e. The predicted octanol–water partition coefficient (Wildman–Crippen LogP) is 3.81. The first-order valence-electron chi connectivity index (χ1n) is 6.89. The number of nitro benzene ring substituents is 1. The van der Waals surface area contributed by atoms with Crippen molar-refractivity contribution in [1.82, 2.24) is 5.32 Å². The van der Waals surface area contributed by atoms with Crippen LogP contribution in [0.5, 0.6) is 0 Å². The third-order valence-electron chi connectivity index (χ3n) is 3.93. The molecule has 0 spiro atoms. The van der Waals surface area contributed by atoms with Gasteiger partial charge in [-0.05, 0) is 31.2 Å². The molecule has 116 valence electrons. The number of nitrogens with one attached hydrogen (secondary N) is 1. The van der Waals surface area contributed by atoms with Crippen LogP contribution in [0, 0.1) is 16.0 Å². The summed E-state index contributed by atoms with van der Waals surface area (Å²) in [7, 11) is 0. The fourth-order valence-electron chi connectivity index (χ4n) is 2.62. The van der Waals surface area contributed by atoms with Crippen molar-refractivity contribution in [2.24, 2.45) is 5.92 Å². The number of alkyl halides is 3. The average Bonchev–Trinajstić information content (AvgIpc) is 2.45. The molecule has 1 aliphatic rings. The van der Waals surface area contributed by atoms with Crippen molar-refractivity contribution < 1.29 is 18.1 Å². The van der Waals surface area contributed by atoms with Gasteiger partial charge in [0, 0.05) is 24.7 Å². The quantitative estimate of drug-likeness (QED) is 0.680. The Bertz CT molecular complexity index is 480. The van der Waals surface area contributed by atoms with Gasteiger partial charge in [-0.15, -0.1) is 0 Å². The standard InChI is InChI=1S/C14H17F3N2O2/c15-14(16,17)11-3-5-12(6-4-11)18-9-10-1-7-13(8-2-10)19(20)21/h1-2,7-8,11-12,18H,3-6,9H2. The Kier molecular flexibility index (Phi) is 4.82. The zero-order valence-electron chi connectivity index (χ0n) is 11.4. The summed E-state index contributed by atoms with van der Waals surface area (Å²) in [5, 5.41) is 13.7. The normalized spacial score (nSPS) is 23.0. The Morgan fingerprint density at radius 2 is 1.71 bits per heavy atom. The van der Waals surface area contributed by atoms with Crippen molar-refractivity contribution in [1.29, 1.82) is 0 Å². The summed E-state index contributed by atoms with van der Waals surface area (Å²) in [5.41, 5.74) is 0.919. The van der Waals surface area contributed by atoms with Crippen molar-refractivity contribution in [2.75, 3.05) is 0 Å². The molecule has 1 aromatic carbocycles. The molecule has 1 aliphatic carbocycles. The van der Waals surface area contributed by atoms with E-state index < -0.39 is 17.0 Å². The van der Waals surface area contributed by atoms with Gasteiger partial charge >= 0.3 is 6.18 Å². The molecule has 1 fully saturated rings. The van der Waals surface area contributed by atoms with Crippen LogP contribution < -0.4 is 5.32 Å². The van der Waals surface area contributed by atoms with Crippen molar-refractivity contribution in [3.8, 4) is 0 Å². The van der Waals surface area contributed by atoms with Gasteiger partial charge in [-0.2, -0.15) is 13.2 Å². The predicted molar refractivity (Wildman–Crippen MR) is 71.7 cm³/mol. The van der Waals surface area contributed by atoms with Gasteiger partial charge in [0.05, 0.1) is 10.8 Å². The van der Waals surface area contributed by atoms with E-state index in [4.69, 9.17) is 0 Å². The van der Waals surface area contributed by atoms with Gasteiger partial charge in [0.1, 0.15) is 0 Å². The lowest BCUT2D eigenvalue weighted by molar-refractivity contribution is -0.384. The second kappa shape index (κ2) is 6.43. The van der Waals surface area contributed by atoms with E-state index in [0.29, 0.717) is 19.4 Å². The Morgan fingerprint density at radius 1 is 1.14 bits per heavy atom. The fourth-order valence-corrected chi connectivity index (χ4v) is 2.62. The summed E-state index contributed by atoms with van der Waals surface area (Å²) in [6.45, 7) is 0.513. The summed E-state index contributed by atoms with van der Waals surface area (Å²) in [4.78, 5) is 10.1. The zero-order valence-corrected chi connectivity index (χ0v) is 11.4. The van der Waals surface area contributed by atoms with Crippen molar-refractivity contribution in [3.05, 3.63) is 39.9 Å². The minimum absolute atomic E-state index is 0.0319. The van der Waals surface area contributed by atoms with Gasteiger partial charge in [-0.3, -0.25) is 10.1 Å². The number of rotatable bonds is 4. The SMILES string of the molecule is O=[N+]([O-])c1ccc(CNC2CCC(C(F)(F)F)CC2)cc1. The minimum Gasteiger partial charge on any atom is -0.310 e. The van der Waals surface area contributed by atoms with Gasteiger partial charge < -0.3 is 5.32 Å². The molecule has 4 nitrogen and oxygen atoms in total. The highest BCUT2D eigenvalue weighted by molar-refractivity contribution is 5.32. The first-order chi connectivity index (χ1) is 9.86. The summed E-state index contributed by atoms with van der Waals surface area (Å²) in [5.74, 6) is -1.17. The molecular formula is C14H17F3N2O2. The van der Waals surface area contributed by atoms with Crippen LogP contribution in [0.2, 0.25) is 0 Å². The lowest BCUT2D eigenvalue weighted by atomic mass is 9.85. The second-order valence-corrected chi connectivity index (χ2v) is 5.39. The maximum atomic E-state index is 12.5. The number of non-ortho nitro benzene ring substituents is 1. The maximum absolute atomic E-state index is 12.5. The summed E-state index contributed by atoms with van der Waals surface area (Å²) in [6.07, 6.45) is -2.72. The van der Waals surface area contributed by atoms with Crippen molar-refractivity contribution >= 4 is 5.69 Å². The lowest BCUT2D eigenvalue weighted by Gasteiger charge is -2.30. The molecule has 0 bridgehead atoms. The van der Waals surface area contributed by atoms with Crippen LogP contribution in [0.3, 0.4) is 0 Å². The van der Waals surface area contributed by atoms with Crippen LogP contribution in [0.15, 0.2) is 24.3 Å². The molecule has 1 aromatic rings. The molecule has 0 atom stereocenters. The Balaban J connectivity index is 1.78. The monoisotopic (exact) mass is 302 g/mol.